The molecule has 1 saturated heterocycles. The molecule has 2 aliphatic carbocycles. The number of hydrogen-bond donors (Lipinski definition) is 0. The highest BCUT2D eigenvalue weighted by molar-refractivity contribution is 6.47. The Labute approximate surface area is 153 Å². The van der Waals surface area contributed by atoms with Crippen LogP contribution in [0.15, 0.2) is 0 Å². The molecule has 4 nitrogen and oxygen atoms in total. The normalized spacial score (nSPS) is 42.3. The van der Waals surface area contributed by atoms with E-state index in [1.54, 1.807) is 0 Å². The zero-order valence-electron chi connectivity index (χ0n) is 17.0. The van der Waals surface area contributed by atoms with Crippen LogP contribution in [0.3, 0.4) is 0 Å². The molecule has 0 spiro atoms. The zero-order chi connectivity index (χ0) is 18.6. The lowest BCUT2D eigenvalue weighted by Gasteiger charge is -2.42. The van der Waals surface area contributed by atoms with Crippen molar-refractivity contribution in [2.45, 2.75) is 84.7 Å². The second-order valence-corrected chi connectivity index (χ2v) is 9.61. The standard InChI is InChI=1S/C20H35BO4/c1-8-23-18(22)14-10-15-13(3)12(2)9-17(16(15)11-14)21-24-19(4,5)20(6,7)25-21/h12-17H,8-11H2,1-7H3. The van der Waals surface area contributed by atoms with Gasteiger partial charge in [0, 0.05) is 0 Å². The van der Waals surface area contributed by atoms with Crippen LogP contribution in [0.1, 0.15) is 67.7 Å². The van der Waals surface area contributed by atoms with Crippen molar-refractivity contribution in [3.8, 4) is 0 Å². The third kappa shape index (κ3) is 3.27. The Morgan fingerprint density at radius 1 is 1.04 bits per heavy atom. The van der Waals surface area contributed by atoms with E-state index >= 15 is 0 Å². The van der Waals surface area contributed by atoms with Crippen molar-refractivity contribution < 1.29 is 18.8 Å². The van der Waals surface area contributed by atoms with E-state index in [0.29, 0.717) is 36.1 Å². The van der Waals surface area contributed by atoms with Gasteiger partial charge in [-0.2, -0.15) is 0 Å². The number of carbonyl (C=O) groups is 1. The Bertz CT molecular complexity index is 502. The van der Waals surface area contributed by atoms with Crippen LogP contribution >= 0.6 is 0 Å². The Morgan fingerprint density at radius 2 is 1.60 bits per heavy atom. The van der Waals surface area contributed by atoms with E-state index in [2.05, 4.69) is 41.5 Å². The molecule has 142 valence electrons. The second-order valence-electron chi connectivity index (χ2n) is 9.61. The summed E-state index contributed by atoms with van der Waals surface area (Å²) in [7, 11) is -0.159. The molecule has 3 rings (SSSR count). The van der Waals surface area contributed by atoms with Crippen LogP contribution in [0, 0.1) is 29.6 Å². The van der Waals surface area contributed by atoms with Crippen molar-refractivity contribution in [2.24, 2.45) is 29.6 Å². The maximum atomic E-state index is 12.3. The monoisotopic (exact) mass is 350 g/mol. The summed E-state index contributed by atoms with van der Waals surface area (Å²) >= 11 is 0. The summed E-state index contributed by atoms with van der Waals surface area (Å²) in [4.78, 5) is 12.3. The zero-order valence-corrected chi connectivity index (χ0v) is 17.0. The van der Waals surface area contributed by atoms with Crippen LogP contribution in [0.25, 0.3) is 0 Å². The molecule has 0 N–H and O–H groups in total. The smallest absolute Gasteiger partial charge is 0.461 e. The fourth-order valence-corrected chi connectivity index (χ4v) is 5.27. The predicted molar refractivity (Wildman–Crippen MR) is 99.1 cm³/mol. The van der Waals surface area contributed by atoms with Gasteiger partial charge in [-0.25, -0.2) is 0 Å². The van der Waals surface area contributed by atoms with Crippen molar-refractivity contribution in [2.75, 3.05) is 6.61 Å². The van der Waals surface area contributed by atoms with E-state index in [-0.39, 0.29) is 30.2 Å². The molecular formula is C20H35BO4. The largest absolute Gasteiger partial charge is 0.466 e. The minimum absolute atomic E-state index is 0.00979. The molecule has 0 aromatic carbocycles. The Balaban J connectivity index is 1.80. The fraction of sp³-hybridized carbons (Fsp3) is 0.950. The fourth-order valence-electron chi connectivity index (χ4n) is 5.27. The first-order valence-corrected chi connectivity index (χ1v) is 10.1. The highest BCUT2D eigenvalue weighted by atomic mass is 16.7. The summed E-state index contributed by atoms with van der Waals surface area (Å²) in [6.45, 7) is 15.5. The summed E-state index contributed by atoms with van der Waals surface area (Å²) in [6, 6.07) is 0. The first-order chi connectivity index (χ1) is 11.6. The van der Waals surface area contributed by atoms with Crippen molar-refractivity contribution in [1.29, 1.82) is 0 Å². The lowest BCUT2D eigenvalue weighted by atomic mass is 9.52. The number of esters is 1. The summed E-state index contributed by atoms with van der Waals surface area (Å²) in [6.07, 6.45) is 3.01. The lowest BCUT2D eigenvalue weighted by molar-refractivity contribution is -0.147. The number of rotatable bonds is 3. The molecule has 6 unspecified atom stereocenters. The van der Waals surface area contributed by atoms with E-state index in [4.69, 9.17) is 14.0 Å². The maximum absolute atomic E-state index is 12.3. The van der Waals surface area contributed by atoms with Crippen LogP contribution in [-0.2, 0) is 18.8 Å². The summed E-state index contributed by atoms with van der Waals surface area (Å²) in [5.74, 6) is 2.75. The van der Waals surface area contributed by atoms with Crippen LogP contribution < -0.4 is 0 Å². The summed E-state index contributed by atoms with van der Waals surface area (Å²) in [5, 5.41) is 0. The lowest BCUT2D eigenvalue weighted by Crippen LogP contribution is -2.41. The van der Waals surface area contributed by atoms with Crippen molar-refractivity contribution >= 4 is 13.1 Å². The van der Waals surface area contributed by atoms with Crippen LogP contribution in [-0.4, -0.2) is 30.9 Å². The van der Waals surface area contributed by atoms with Crippen LogP contribution in [0.4, 0.5) is 0 Å². The summed E-state index contributed by atoms with van der Waals surface area (Å²) < 4.78 is 18.1. The van der Waals surface area contributed by atoms with Crippen molar-refractivity contribution in [3.63, 3.8) is 0 Å². The number of carbonyl (C=O) groups excluding carboxylic acids is 1. The van der Waals surface area contributed by atoms with Crippen molar-refractivity contribution in [1.82, 2.24) is 0 Å². The van der Waals surface area contributed by atoms with E-state index in [1.165, 1.54) is 0 Å². The molecule has 0 aromatic heterocycles. The van der Waals surface area contributed by atoms with Gasteiger partial charge in [0.05, 0.1) is 23.7 Å². The Hall–Kier alpha value is -0.545. The molecule has 0 bridgehead atoms. The highest BCUT2D eigenvalue weighted by Gasteiger charge is 2.59. The van der Waals surface area contributed by atoms with Gasteiger partial charge in [-0.05, 0) is 83.4 Å². The molecule has 3 fully saturated rings. The topological polar surface area (TPSA) is 44.8 Å². The van der Waals surface area contributed by atoms with E-state index < -0.39 is 0 Å². The maximum Gasteiger partial charge on any atom is 0.461 e. The molecule has 0 aromatic rings. The molecule has 6 atom stereocenters. The number of fused-ring (bicyclic) bond motifs is 1. The van der Waals surface area contributed by atoms with E-state index in [0.717, 1.165) is 19.3 Å². The molecule has 0 radical (unpaired) electrons. The van der Waals surface area contributed by atoms with Gasteiger partial charge in [0.1, 0.15) is 0 Å². The van der Waals surface area contributed by atoms with Gasteiger partial charge in [-0.15, -0.1) is 0 Å². The van der Waals surface area contributed by atoms with Gasteiger partial charge >= 0.3 is 13.1 Å². The van der Waals surface area contributed by atoms with Gasteiger partial charge in [0.25, 0.3) is 0 Å². The molecule has 1 heterocycles. The third-order valence-corrected chi connectivity index (χ3v) is 7.67. The van der Waals surface area contributed by atoms with Gasteiger partial charge in [0.15, 0.2) is 0 Å². The molecule has 5 heteroatoms. The molecule has 2 saturated carbocycles. The Morgan fingerprint density at radius 3 is 2.16 bits per heavy atom. The van der Waals surface area contributed by atoms with Crippen LogP contribution in [0.5, 0.6) is 0 Å². The van der Waals surface area contributed by atoms with Crippen LogP contribution in [0.2, 0.25) is 5.82 Å². The molecule has 1 aliphatic heterocycles. The predicted octanol–water partition coefficient (Wildman–Crippen LogP) is 4.33. The SMILES string of the molecule is CCOC(=O)C1CC2C(B3OC(C)(C)C(C)(C)O3)CC(C)C(C)C2C1. The van der Waals surface area contributed by atoms with Gasteiger partial charge in [-0.1, -0.05) is 13.8 Å². The molecule has 25 heavy (non-hydrogen) atoms. The van der Waals surface area contributed by atoms with E-state index in [1.807, 2.05) is 6.92 Å². The number of ether oxygens (including phenoxy) is 1. The first kappa shape index (κ1) is 19.2. The quantitative estimate of drug-likeness (QED) is 0.561. The Kier molecular flexibility index (Phi) is 5.05. The average molecular weight is 350 g/mol. The molecule has 3 aliphatic rings. The molecule has 0 amide bonds. The average Bonchev–Trinajstić information content (AvgIpc) is 3.03. The van der Waals surface area contributed by atoms with Gasteiger partial charge in [-0.3, -0.25) is 4.79 Å². The summed E-state index contributed by atoms with van der Waals surface area (Å²) in [5.41, 5.74) is -0.586. The van der Waals surface area contributed by atoms with Crippen molar-refractivity contribution in [3.05, 3.63) is 0 Å². The number of hydrogen-bond acceptors (Lipinski definition) is 4. The minimum Gasteiger partial charge on any atom is -0.466 e. The van der Waals surface area contributed by atoms with Gasteiger partial charge in [0.2, 0.25) is 0 Å². The molecular weight excluding hydrogens is 315 g/mol. The third-order valence-electron chi connectivity index (χ3n) is 7.67. The minimum atomic E-state index is -0.293. The van der Waals surface area contributed by atoms with E-state index in [9.17, 15) is 4.79 Å². The highest BCUT2D eigenvalue weighted by Crippen LogP contribution is 2.57. The van der Waals surface area contributed by atoms with Gasteiger partial charge < -0.3 is 14.0 Å². The first-order valence-electron chi connectivity index (χ1n) is 10.1. The second kappa shape index (κ2) is 6.56.